The zero-order valence-corrected chi connectivity index (χ0v) is 22.6. The van der Waals surface area contributed by atoms with E-state index in [4.69, 9.17) is 23.4 Å². The lowest BCUT2D eigenvalue weighted by molar-refractivity contribution is -0.307. The number of ether oxygens (including phenoxy) is 4. The molecule has 2 aliphatic heterocycles. The number of carbonyl (C=O) groups excluding carboxylic acids is 1. The van der Waals surface area contributed by atoms with Crippen LogP contribution >= 0.6 is 0 Å². The molecule has 0 N–H and O–H groups in total. The minimum atomic E-state index is -1.90. The van der Waals surface area contributed by atoms with Crippen LogP contribution in [0.25, 0.3) is 0 Å². The van der Waals surface area contributed by atoms with Crippen LogP contribution in [-0.2, 0) is 28.2 Å². The second-order valence-electron chi connectivity index (χ2n) is 11.1. The van der Waals surface area contributed by atoms with E-state index < -0.39 is 14.1 Å². The summed E-state index contributed by atoms with van der Waals surface area (Å²) in [5.41, 5.74) is 1.02. The highest BCUT2D eigenvalue weighted by Crippen LogP contribution is 2.43. The first-order valence-corrected chi connectivity index (χ1v) is 15.1. The molecule has 2 saturated heterocycles. The molecule has 7 heteroatoms. The van der Waals surface area contributed by atoms with Crippen molar-refractivity contribution >= 4 is 14.6 Å². The van der Waals surface area contributed by atoms with Crippen molar-refractivity contribution in [3.05, 3.63) is 11.6 Å². The van der Waals surface area contributed by atoms with E-state index in [-0.39, 0.29) is 36.1 Å². The molecule has 0 aliphatic carbocycles. The largest absolute Gasteiger partial charge is 0.414 e. The molecular formula is C25H46O6Si. The number of rotatable bonds is 10. The minimum absolute atomic E-state index is 0.0150. The van der Waals surface area contributed by atoms with E-state index in [9.17, 15) is 4.79 Å². The minimum Gasteiger partial charge on any atom is -0.414 e. The number of carbonyl (C=O) groups is 1. The molecule has 0 radical (unpaired) electrons. The second kappa shape index (κ2) is 11.7. The van der Waals surface area contributed by atoms with Gasteiger partial charge in [0.2, 0.25) is 0 Å². The molecule has 0 aromatic carbocycles. The lowest BCUT2D eigenvalue weighted by atomic mass is 9.91. The van der Waals surface area contributed by atoms with Gasteiger partial charge in [-0.15, -0.1) is 0 Å². The van der Waals surface area contributed by atoms with Crippen molar-refractivity contribution in [2.24, 2.45) is 5.92 Å². The molecule has 32 heavy (non-hydrogen) atoms. The molecule has 0 aromatic rings. The first-order valence-electron chi connectivity index (χ1n) is 12.1. The van der Waals surface area contributed by atoms with Gasteiger partial charge >= 0.3 is 0 Å². The number of hydrogen-bond donors (Lipinski definition) is 0. The van der Waals surface area contributed by atoms with Crippen molar-refractivity contribution in [2.45, 2.75) is 115 Å². The third-order valence-electron chi connectivity index (χ3n) is 7.24. The highest BCUT2D eigenvalue weighted by molar-refractivity contribution is 6.74. The Kier molecular flexibility index (Phi) is 10.1. The molecule has 2 rings (SSSR count). The summed E-state index contributed by atoms with van der Waals surface area (Å²) in [6, 6.07) is 0. The zero-order valence-electron chi connectivity index (χ0n) is 21.6. The molecule has 6 nitrogen and oxygen atoms in total. The Balaban J connectivity index is 2.16. The van der Waals surface area contributed by atoms with Crippen LogP contribution in [0.4, 0.5) is 0 Å². The lowest BCUT2D eigenvalue weighted by Gasteiger charge is -2.49. The summed E-state index contributed by atoms with van der Waals surface area (Å²) < 4.78 is 30.5. The molecule has 0 saturated carbocycles. The highest BCUT2D eigenvalue weighted by atomic mass is 28.4. The molecule has 2 aliphatic rings. The van der Waals surface area contributed by atoms with Crippen molar-refractivity contribution in [2.75, 3.05) is 20.5 Å². The highest BCUT2D eigenvalue weighted by Gasteiger charge is 2.47. The summed E-state index contributed by atoms with van der Waals surface area (Å²) in [7, 11) is -0.312. The van der Waals surface area contributed by atoms with Gasteiger partial charge in [-0.05, 0) is 56.3 Å². The summed E-state index contributed by atoms with van der Waals surface area (Å²) in [6.45, 7) is 16.3. The maximum atomic E-state index is 11.4. The van der Waals surface area contributed by atoms with Crippen molar-refractivity contribution in [1.29, 1.82) is 0 Å². The van der Waals surface area contributed by atoms with Crippen LogP contribution in [-0.4, -0.2) is 59.2 Å². The fourth-order valence-corrected chi connectivity index (χ4v) is 5.74. The topological polar surface area (TPSA) is 63.2 Å². The van der Waals surface area contributed by atoms with E-state index in [0.717, 1.165) is 57.0 Å². The van der Waals surface area contributed by atoms with Crippen molar-refractivity contribution in [1.82, 2.24) is 0 Å². The summed E-state index contributed by atoms with van der Waals surface area (Å²) >= 11 is 0. The number of methoxy groups -OCH3 is 1. The summed E-state index contributed by atoms with van der Waals surface area (Å²) in [5.74, 6) is -0.769. The summed E-state index contributed by atoms with van der Waals surface area (Å²) in [6.07, 6.45) is 8.47. The zero-order chi connectivity index (χ0) is 24.0. The van der Waals surface area contributed by atoms with Crippen molar-refractivity contribution < 1.29 is 28.2 Å². The van der Waals surface area contributed by atoms with Gasteiger partial charge in [0, 0.05) is 25.9 Å². The first kappa shape index (κ1) is 27.7. The molecule has 0 aromatic heterocycles. The Morgan fingerprint density at radius 2 is 2.00 bits per heavy atom. The lowest BCUT2D eigenvalue weighted by Crippen LogP contribution is -2.53. The average Bonchev–Trinajstić information content (AvgIpc) is 2.71. The molecule has 1 spiro atoms. The predicted octanol–water partition coefficient (Wildman–Crippen LogP) is 5.61. The van der Waals surface area contributed by atoms with Crippen LogP contribution in [0.5, 0.6) is 0 Å². The molecule has 5 atom stereocenters. The molecule has 0 bridgehead atoms. The van der Waals surface area contributed by atoms with Gasteiger partial charge in [-0.1, -0.05) is 33.8 Å². The van der Waals surface area contributed by atoms with Crippen LogP contribution in [0, 0.1) is 5.92 Å². The fourth-order valence-electron chi connectivity index (χ4n) is 4.38. The Bertz CT molecular complexity index is 620. The van der Waals surface area contributed by atoms with E-state index in [1.165, 1.54) is 0 Å². The van der Waals surface area contributed by atoms with Gasteiger partial charge in [-0.25, -0.2) is 0 Å². The number of aldehydes is 1. The van der Waals surface area contributed by atoms with Gasteiger partial charge in [-0.2, -0.15) is 0 Å². The Hall–Kier alpha value is -0.573. The van der Waals surface area contributed by atoms with E-state index in [2.05, 4.69) is 39.9 Å². The molecular weight excluding hydrogens is 424 g/mol. The third kappa shape index (κ3) is 7.47. The normalized spacial score (nSPS) is 29.7. The first-order chi connectivity index (χ1) is 14.9. The quantitative estimate of drug-likeness (QED) is 0.179. The van der Waals surface area contributed by atoms with Crippen molar-refractivity contribution in [3.8, 4) is 0 Å². The van der Waals surface area contributed by atoms with Crippen LogP contribution in [0.15, 0.2) is 11.6 Å². The van der Waals surface area contributed by atoms with E-state index in [1.807, 2.05) is 13.8 Å². The third-order valence-corrected chi connectivity index (χ3v) is 11.8. The van der Waals surface area contributed by atoms with Gasteiger partial charge in [0.1, 0.15) is 13.1 Å². The van der Waals surface area contributed by atoms with Crippen LogP contribution in [0.1, 0.15) is 73.1 Å². The van der Waals surface area contributed by atoms with Crippen LogP contribution in [0.2, 0.25) is 18.1 Å². The van der Waals surface area contributed by atoms with Gasteiger partial charge in [0.05, 0.1) is 24.9 Å². The Morgan fingerprint density at radius 1 is 1.28 bits per heavy atom. The second-order valence-corrected chi connectivity index (χ2v) is 15.8. The fraction of sp³-hybridized carbons (Fsp3) is 0.880. The molecule has 2 fully saturated rings. The van der Waals surface area contributed by atoms with Crippen molar-refractivity contribution in [3.63, 3.8) is 0 Å². The van der Waals surface area contributed by atoms with Gasteiger partial charge in [0.25, 0.3) is 0 Å². The SMILES string of the molecule is COCOC(/C(C)=C/CC1CC(O[Si](C)(C)C(C)(C)C)CC2(CCCCO2)O1)C(C)C=O. The maximum absolute atomic E-state index is 11.4. The molecule has 186 valence electrons. The number of hydrogen-bond acceptors (Lipinski definition) is 6. The van der Waals surface area contributed by atoms with E-state index in [1.54, 1.807) is 7.11 Å². The Morgan fingerprint density at radius 3 is 2.56 bits per heavy atom. The van der Waals surface area contributed by atoms with Gasteiger partial charge < -0.3 is 28.2 Å². The molecule has 2 heterocycles. The van der Waals surface area contributed by atoms with E-state index in [0.29, 0.717) is 0 Å². The molecule has 0 amide bonds. The van der Waals surface area contributed by atoms with Crippen LogP contribution in [0.3, 0.4) is 0 Å². The van der Waals surface area contributed by atoms with E-state index >= 15 is 0 Å². The smallest absolute Gasteiger partial charge is 0.192 e. The van der Waals surface area contributed by atoms with Crippen LogP contribution < -0.4 is 0 Å². The standard InChI is InChI=1S/C25H46O6Si/c1-19(23(20(2)17-26)28-18-27-6)11-12-21-15-22(31-32(7,8)24(3,4)5)16-25(30-21)13-9-10-14-29-25/h11,17,20-23H,9-10,12-16,18H2,1-8H3/b19-11+. The van der Waals surface area contributed by atoms with Gasteiger partial charge in [0.15, 0.2) is 14.1 Å². The van der Waals surface area contributed by atoms with Gasteiger partial charge in [-0.3, -0.25) is 0 Å². The Labute approximate surface area is 196 Å². The monoisotopic (exact) mass is 470 g/mol. The molecule has 5 unspecified atom stereocenters. The predicted molar refractivity (Wildman–Crippen MR) is 129 cm³/mol. The maximum Gasteiger partial charge on any atom is 0.192 e. The summed E-state index contributed by atoms with van der Waals surface area (Å²) in [4.78, 5) is 11.4. The summed E-state index contributed by atoms with van der Waals surface area (Å²) in [5, 5.41) is 0.161. The average molecular weight is 471 g/mol.